The smallest absolute Gasteiger partial charge is 0.302 e. The minimum Gasteiger partial charge on any atom is -0.461 e. The van der Waals surface area contributed by atoms with Crippen LogP contribution in [0.1, 0.15) is 139 Å². The average molecular weight is 794 g/mol. The van der Waals surface area contributed by atoms with Crippen molar-refractivity contribution in [2.24, 2.45) is 35.0 Å². The number of unbranched alkanes of at least 4 members (excludes halogenated alkanes) is 2. The molecule has 0 spiro atoms. The fourth-order valence-electron chi connectivity index (χ4n) is 7.78. The number of allylic oxidation sites excluding steroid dienone is 1. The first kappa shape index (κ1) is 47.2. The summed E-state index contributed by atoms with van der Waals surface area (Å²) in [5, 5.41) is 11.5. The molecule has 0 radical (unpaired) electrons. The third-order valence-electron chi connectivity index (χ3n) is 11.9. The molecule has 1 aliphatic carbocycles. The minimum absolute atomic E-state index is 0.0324. The van der Waals surface area contributed by atoms with Crippen molar-refractivity contribution in [3.63, 3.8) is 0 Å². The number of carbonyl (C=O) groups excluding carboxylic acids is 6. The first-order chi connectivity index (χ1) is 26.7. The number of rotatable bonds is 23. The van der Waals surface area contributed by atoms with Gasteiger partial charge in [-0.25, -0.2) is 0 Å². The van der Waals surface area contributed by atoms with Crippen LogP contribution in [-0.4, -0.2) is 65.1 Å². The van der Waals surface area contributed by atoms with Crippen LogP contribution in [0.3, 0.4) is 0 Å². The van der Waals surface area contributed by atoms with E-state index in [1.807, 2.05) is 18.7 Å². The fourth-order valence-corrected chi connectivity index (χ4v) is 7.78. The minimum atomic E-state index is -0.767. The molecule has 1 aromatic rings. The van der Waals surface area contributed by atoms with Crippen molar-refractivity contribution in [3.05, 3.63) is 42.1 Å². The zero-order valence-electron chi connectivity index (χ0n) is 36.2. The molecule has 2 aliphatic rings. The summed E-state index contributed by atoms with van der Waals surface area (Å²) in [7, 11) is 0. The molecule has 4 N–H and O–H groups in total. The summed E-state index contributed by atoms with van der Waals surface area (Å²) in [6.07, 6.45) is 8.95. The standard InChI is InChI=1S/C45H71N5O7/c1-29(2)37-24-31(5)50(43(37)56)23-13-11-12-14-39(53)49-45(9,10)22-19-34-25-35(26-34)44(7,8)21-20-38(52)48-41(30(3)4)42(55)46-27-40(54)47-36-17-15-33(16-18-36)28-57-32(6)51/h15-18,29-30,34-35,37,41H,5,11-14,19-28H2,1-4,6-10H3,(H,46,55)(H,47,54)(H,48,52)(H,49,53). The molecule has 2 atom stereocenters. The number of nitrogens with zero attached hydrogens (tertiary/aromatic N) is 1. The van der Waals surface area contributed by atoms with Crippen LogP contribution in [0.5, 0.6) is 0 Å². The van der Waals surface area contributed by atoms with E-state index in [9.17, 15) is 28.8 Å². The van der Waals surface area contributed by atoms with E-state index in [0.717, 1.165) is 62.6 Å². The van der Waals surface area contributed by atoms with E-state index in [2.05, 4.69) is 69.4 Å². The second-order valence-electron chi connectivity index (χ2n) is 18.4. The van der Waals surface area contributed by atoms with Gasteiger partial charge in [0.1, 0.15) is 12.6 Å². The summed E-state index contributed by atoms with van der Waals surface area (Å²) < 4.78 is 4.97. The van der Waals surface area contributed by atoms with E-state index in [0.29, 0.717) is 49.2 Å². The summed E-state index contributed by atoms with van der Waals surface area (Å²) >= 11 is 0. The average Bonchev–Trinajstić information content (AvgIpc) is 3.39. The maximum Gasteiger partial charge on any atom is 0.302 e. The van der Waals surface area contributed by atoms with Crippen molar-refractivity contribution in [2.45, 2.75) is 151 Å². The normalized spacial score (nSPS) is 18.9. The lowest BCUT2D eigenvalue weighted by Crippen LogP contribution is -2.51. The third-order valence-corrected chi connectivity index (χ3v) is 11.9. The molecule has 12 heteroatoms. The maximum absolute atomic E-state index is 13.1. The molecule has 1 saturated heterocycles. The van der Waals surface area contributed by atoms with E-state index in [-0.39, 0.29) is 59.6 Å². The number of hydrogen-bond donors (Lipinski definition) is 4. The lowest BCUT2D eigenvalue weighted by molar-refractivity contribution is -0.142. The summed E-state index contributed by atoms with van der Waals surface area (Å²) in [4.78, 5) is 76.9. The lowest BCUT2D eigenvalue weighted by Gasteiger charge is -2.46. The number of ether oxygens (including phenoxy) is 1. The van der Waals surface area contributed by atoms with Crippen molar-refractivity contribution in [3.8, 4) is 0 Å². The largest absolute Gasteiger partial charge is 0.461 e. The van der Waals surface area contributed by atoms with Crippen LogP contribution < -0.4 is 21.3 Å². The van der Waals surface area contributed by atoms with Gasteiger partial charge in [-0.05, 0) is 112 Å². The van der Waals surface area contributed by atoms with E-state index >= 15 is 0 Å². The van der Waals surface area contributed by atoms with Gasteiger partial charge in [0.2, 0.25) is 29.5 Å². The molecule has 318 valence electrons. The fraction of sp³-hybridized carbons (Fsp3) is 0.689. The van der Waals surface area contributed by atoms with Crippen LogP contribution >= 0.6 is 0 Å². The monoisotopic (exact) mass is 794 g/mol. The highest BCUT2D eigenvalue weighted by Crippen LogP contribution is 2.49. The number of hydrogen-bond acceptors (Lipinski definition) is 7. The van der Waals surface area contributed by atoms with E-state index in [1.165, 1.54) is 6.92 Å². The number of nitrogens with one attached hydrogen (secondary N) is 4. The van der Waals surface area contributed by atoms with Crippen molar-refractivity contribution >= 4 is 41.2 Å². The molecule has 1 aromatic carbocycles. The first-order valence-corrected chi connectivity index (χ1v) is 21.1. The molecule has 3 rings (SSSR count). The molecule has 5 amide bonds. The van der Waals surface area contributed by atoms with Gasteiger partial charge >= 0.3 is 5.97 Å². The molecule has 1 aliphatic heterocycles. The molecule has 2 fully saturated rings. The Bertz CT molecular complexity index is 1560. The number of benzene rings is 1. The summed E-state index contributed by atoms with van der Waals surface area (Å²) in [5.41, 5.74) is 1.93. The highest BCUT2D eigenvalue weighted by molar-refractivity contribution is 5.96. The van der Waals surface area contributed by atoms with Crippen molar-refractivity contribution in [1.29, 1.82) is 0 Å². The molecule has 12 nitrogen and oxygen atoms in total. The Morgan fingerprint density at radius 1 is 0.895 bits per heavy atom. The van der Waals surface area contributed by atoms with Crippen LogP contribution in [0.2, 0.25) is 0 Å². The number of amides is 5. The molecular weight excluding hydrogens is 723 g/mol. The van der Waals surface area contributed by atoms with Crippen LogP contribution in [0.25, 0.3) is 0 Å². The number of carbonyl (C=O) groups is 6. The highest BCUT2D eigenvalue weighted by Gasteiger charge is 2.40. The number of likely N-dealkylation sites (tertiary alicyclic amines) is 1. The van der Waals surface area contributed by atoms with Crippen LogP contribution in [-0.2, 0) is 40.1 Å². The lowest BCUT2D eigenvalue weighted by atomic mass is 9.59. The zero-order valence-corrected chi connectivity index (χ0v) is 36.2. The topological polar surface area (TPSA) is 163 Å². The molecule has 0 bridgehead atoms. The van der Waals surface area contributed by atoms with Crippen molar-refractivity contribution in [2.75, 3.05) is 18.4 Å². The molecule has 57 heavy (non-hydrogen) atoms. The summed E-state index contributed by atoms with van der Waals surface area (Å²) in [6.45, 7) is 22.5. The molecular formula is C45H71N5O7. The van der Waals surface area contributed by atoms with Crippen LogP contribution in [0.15, 0.2) is 36.5 Å². The van der Waals surface area contributed by atoms with Gasteiger partial charge in [0, 0.05) is 49.2 Å². The van der Waals surface area contributed by atoms with Crippen molar-refractivity contribution < 1.29 is 33.5 Å². The van der Waals surface area contributed by atoms with Gasteiger partial charge in [0.15, 0.2) is 0 Å². The molecule has 2 unspecified atom stereocenters. The van der Waals surface area contributed by atoms with Gasteiger partial charge in [0.05, 0.1) is 6.54 Å². The Labute approximate surface area is 341 Å². The summed E-state index contributed by atoms with van der Waals surface area (Å²) in [5.74, 6) is 0.188. The SMILES string of the molecule is C=C1CC(C(C)C)C(=O)N1CCCCCC(=O)NC(C)(C)CCC1CC(C(C)(C)CCC(=O)NC(C(=O)NCC(=O)Nc2ccc(COC(C)=O)cc2)C(C)C)C1. The maximum atomic E-state index is 13.1. The Hall–Kier alpha value is -4.22. The Kier molecular flexibility index (Phi) is 17.8. The Morgan fingerprint density at radius 3 is 2.16 bits per heavy atom. The highest BCUT2D eigenvalue weighted by atomic mass is 16.5. The van der Waals surface area contributed by atoms with Gasteiger partial charge in [-0.3, -0.25) is 28.8 Å². The van der Waals surface area contributed by atoms with Gasteiger partial charge in [-0.2, -0.15) is 0 Å². The van der Waals surface area contributed by atoms with Gasteiger partial charge in [0.25, 0.3) is 0 Å². The Balaban J connectivity index is 1.30. The van der Waals surface area contributed by atoms with Crippen LogP contribution in [0.4, 0.5) is 5.69 Å². The second kappa shape index (κ2) is 21.5. The van der Waals surface area contributed by atoms with Crippen molar-refractivity contribution in [1.82, 2.24) is 20.9 Å². The second-order valence-corrected chi connectivity index (χ2v) is 18.4. The van der Waals surface area contributed by atoms with E-state index in [4.69, 9.17) is 4.74 Å². The van der Waals surface area contributed by atoms with Gasteiger partial charge in [-0.15, -0.1) is 0 Å². The quantitative estimate of drug-likeness (QED) is 0.0683. The van der Waals surface area contributed by atoms with Crippen LogP contribution in [0, 0.1) is 35.0 Å². The van der Waals surface area contributed by atoms with E-state index in [1.54, 1.807) is 24.3 Å². The predicted octanol–water partition coefficient (Wildman–Crippen LogP) is 7.03. The molecule has 1 saturated carbocycles. The number of anilines is 1. The number of esters is 1. The third kappa shape index (κ3) is 15.6. The Morgan fingerprint density at radius 2 is 1.56 bits per heavy atom. The first-order valence-electron chi connectivity index (χ1n) is 21.1. The van der Waals surface area contributed by atoms with Gasteiger partial charge < -0.3 is 30.9 Å². The van der Waals surface area contributed by atoms with Gasteiger partial charge in [-0.1, -0.05) is 66.7 Å². The molecule has 0 aromatic heterocycles. The summed E-state index contributed by atoms with van der Waals surface area (Å²) in [6, 6.07) is 6.09. The molecule has 1 heterocycles. The zero-order chi connectivity index (χ0) is 42.5. The predicted molar refractivity (Wildman–Crippen MR) is 223 cm³/mol. The van der Waals surface area contributed by atoms with E-state index < -0.39 is 17.9 Å².